The number of rotatable bonds is 4. The van der Waals surface area contributed by atoms with Gasteiger partial charge in [0.25, 0.3) is 0 Å². The van der Waals surface area contributed by atoms with Crippen molar-refractivity contribution in [3.63, 3.8) is 0 Å². The average Bonchev–Trinajstić information content (AvgIpc) is 2.36. The summed E-state index contributed by atoms with van der Waals surface area (Å²) in [5.41, 5.74) is 1.65. The van der Waals surface area contributed by atoms with Crippen molar-refractivity contribution in [3.8, 4) is 5.75 Å². The second kappa shape index (κ2) is 5.48. The molecule has 1 aromatic rings. The van der Waals surface area contributed by atoms with Gasteiger partial charge in [0.05, 0.1) is 13.7 Å². The molecule has 0 saturated carbocycles. The fourth-order valence-electron chi connectivity index (χ4n) is 1.51. The number of hydrogen-bond acceptors (Lipinski definition) is 4. The number of nitrogens with two attached hydrogens (primary N) is 1. The molecule has 0 fully saturated rings. The third-order valence-corrected chi connectivity index (χ3v) is 2.57. The van der Waals surface area contributed by atoms with E-state index in [2.05, 4.69) is 4.74 Å². The Morgan fingerprint density at radius 1 is 1.37 bits per heavy atom. The summed E-state index contributed by atoms with van der Waals surface area (Å²) >= 11 is 0. The number of carbonyl (C=O) groups excluding carboxylic acids is 1. The summed E-state index contributed by atoms with van der Waals surface area (Å²) in [7, 11) is 1.30. The van der Waals surface area contributed by atoms with Gasteiger partial charge in [-0.25, -0.2) is 4.79 Å². The molecule has 0 saturated heterocycles. The van der Waals surface area contributed by atoms with Crippen LogP contribution in [0.1, 0.15) is 12.5 Å². The maximum atomic E-state index is 13.1. The van der Waals surface area contributed by atoms with Crippen LogP contribution < -0.4 is 10.5 Å². The number of halogens is 3. The summed E-state index contributed by atoms with van der Waals surface area (Å²) in [4.78, 5) is 11.6. The lowest BCUT2D eigenvalue weighted by Gasteiger charge is -2.29. The van der Waals surface area contributed by atoms with Crippen LogP contribution in [0.25, 0.3) is 0 Å². The van der Waals surface area contributed by atoms with Crippen LogP contribution in [0.4, 0.5) is 13.2 Å². The van der Waals surface area contributed by atoms with Crippen LogP contribution in [0, 0.1) is 0 Å². The average molecular weight is 277 g/mol. The predicted molar refractivity (Wildman–Crippen MR) is 61.5 cm³/mol. The molecule has 19 heavy (non-hydrogen) atoms. The number of benzene rings is 1. The smallest absolute Gasteiger partial charge is 0.421 e. The summed E-state index contributed by atoms with van der Waals surface area (Å²) in [5, 5.41) is 0. The lowest BCUT2D eigenvalue weighted by atomic mass is 9.90. The molecule has 0 radical (unpaired) electrons. The molecule has 0 spiro atoms. The molecule has 0 amide bonds. The second-order valence-corrected chi connectivity index (χ2v) is 3.76. The van der Waals surface area contributed by atoms with E-state index >= 15 is 0 Å². The van der Waals surface area contributed by atoms with Crippen LogP contribution in [0.2, 0.25) is 0 Å². The molecule has 1 rings (SSSR count). The van der Waals surface area contributed by atoms with Gasteiger partial charge in [-0.2, -0.15) is 13.2 Å². The minimum atomic E-state index is -4.98. The van der Waals surface area contributed by atoms with Gasteiger partial charge in [-0.15, -0.1) is 0 Å². The highest BCUT2D eigenvalue weighted by Crippen LogP contribution is 2.38. The minimum absolute atomic E-state index is 0.167. The monoisotopic (exact) mass is 277 g/mol. The van der Waals surface area contributed by atoms with Crippen molar-refractivity contribution in [3.05, 3.63) is 29.8 Å². The Morgan fingerprint density at radius 2 is 2.00 bits per heavy atom. The van der Waals surface area contributed by atoms with Crippen LogP contribution >= 0.6 is 0 Å². The van der Waals surface area contributed by atoms with Gasteiger partial charge < -0.3 is 15.2 Å². The minimum Gasteiger partial charge on any atom is -0.497 e. The maximum absolute atomic E-state index is 13.1. The first-order valence-corrected chi connectivity index (χ1v) is 5.44. The van der Waals surface area contributed by atoms with Gasteiger partial charge in [-0.1, -0.05) is 12.1 Å². The van der Waals surface area contributed by atoms with Crippen molar-refractivity contribution in [1.29, 1.82) is 0 Å². The van der Waals surface area contributed by atoms with Crippen LogP contribution in [0.5, 0.6) is 5.75 Å². The Bertz CT molecular complexity index is 462. The molecule has 2 N–H and O–H groups in total. The lowest BCUT2D eigenvalue weighted by molar-refractivity contribution is -0.208. The summed E-state index contributed by atoms with van der Waals surface area (Å²) in [5.74, 6) is -1.38. The van der Waals surface area contributed by atoms with Crippen LogP contribution in [-0.4, -0.2) is 25.9 Å². The normalized spacial score (nSPS) is 14.6. The topological polar surface area (TPSA) is 61.5 Å². The zero-order chi connectivity index (χ0) is 14.7. The Morgan fingerprint density at radius 3 is 2.47 bits per heavy atom. The van der Waals surface area contributed by atoms with Crippen molar-refractivity contribution < 1.29 is 27.4 Å². The van der Waals surface area contributed by atoms with Gasteiger partial charge in [-0.05, 0) is 24.6 Å². The van der Waals surface area contributed by atoms with Gasteiger partial charge >= 0.3 is 12.1 Å². The van der Waals surface area contributed by atoms with E-state index in [1.807, 2.05) is 0 Å². The van der Waals surface area contributed by atoms with Gasteiger partial charge in [0.1, 0.15) is 5.75 Å². The molecule has 106 valence electrons. The Kier molecular flexibility index (Phi) is 4.41. The van der Waals surface area contributed by atoms with Crippen molar-refractivity contribution in [2.75, 3.05) is 13.7 Å². The molecule has 1 aromatic carbocycles. The van der Waals surface area contributed by atoms with E-state index in [1.54, 1.807) is 0 Å². The SMILES string of the molecule is CCOC(=O)C(N)(c1cccc(OC)c1)C(F)(F)F. The standard InChI is InChI=1S/C12H14F3NO3/c1-3-19-10(17)11(16,12(13,14)15)8-5-4-6-9(7-8)18-2/h4-7H,3,16H2,1-2H3. The summed E-state index contributed by atoms with van der Waals surface area (Å²) in [6, 6.07) is 4.93. The highest BCUT2D eigenvalue weighted by Gasteiger charge is 2.60. The predicted octanol–water partition coefficient (Wildman–Crippen LogP) is 1.97. The molecule has 0 aliphatic heterocycles. The fourth-order valence-corrected chi connectivity index (χ4v) is 1.51. The molecule has 4 nitrogen and oxygen atoms in total. The van der Waals surface area contributed by atoms with Gasteiger partial charge in [0.15, 0.2) is 0 Å². The molecular weight excluding hydrogens is 263 g/mol. The first-order valence-electron chi connectivity index (χ1n) is 5.44. The number of hydrogen-bond donors (Lipinski definition) is 1. The largest absolute Gasteiger partial charge is 0.497 e. The summed E-state index contributed by atoms with van der Waals surface area (Å²) < 4.78 is 48.7. The molecule has 0 heterocycles. The number of ether oxygens (including phenoxy) is 2. The third kappa shape index (κ3) is 2.81. The highest BCUT2D eigenvalue weighted by atomic mass is 19.4. The fraction of sp³-hybridized carbons (Fsp3) is 0.417. The molecule has 0 aromatic heterocycles. The molecule has 0 aliphatic rings. The molecule has 1 atom stereocenters. The molecule has 0 bridgehead atoms. The van der Waals surface area contributed by atoms with Crippen LogP contribution in [-0.2, 0) is 15.1 Å². The van der Waals surface area contributed by atoms with Gasteiger partial charge in [0, 0.05) is 0 Å². The summed E-state index contributed by atoms with van der Waals surface area (Å²) in [6.45, 7) is 1.21. The van der Waals surface area contributed by atoms with Crippen molar-refractivity contribution >= 4 is 5.97 Å². The van der Waals surface area contributed by atoms with Gasteiger partial charge in [-0.3, -0.25) is 0 Å². The van der Waals surface area contributed by atoms with E-state index in [9.17, 15) is 18.0 Å². The zero-order valence-electron chi connectivity index (χ0n) is 10.5. The van der Waals surface area contributed by atoms with Gasteiger partial charge in [0.2, 0.25) is 5.54 Å². The number of esters is 1. The number of alkyl halides is 3. The molecular formula is C12H14F3NO3. The number of methoxy groups -OCH3 is 1. The third-order valence-electron chi connectivity index (χ3n) is 2.57. The van der Waals surface area contributed by atoms with E-state index in [0.29, 0.717) is 0 Å². The van der Waals surface area contributed by atoms with E-state index in [-0.39, 0.29) is 12.4 Å². The molecule has 1 unspecified atom stereocenters. The molecule has 7 heteroatoms. The molecule has 0 aliphatic carbocycles. The lowest BCUT2D eigenvalue weighted by Crippen LogP contribution is -2.57. The Labute approximate surface area is 108 Å². The van der Waals surface area contributed by atoms with Crippen LogP contribution in [0.15, 0.2) is 24.3 Å². The Hall–Kier alpha value is -1.76. The maximum Gasteiger partial charge on any atom is 0.421 e. The first kappa shape index (κ1) is 15.3. The quantitative estimate of drug-likeness (QED) is 0.855. The number of carbonyl (C=O) groups is 1. The Balaban J connectivity index is 3.35. The van der Waals surface area contributed by atoms with Crippen molar-refractivity contribution in [1.82, 2.24) is 0 Å². The van der Waals surface area contributed by atoms with E-state index < -0.39 is 23.2 Å². The van der Waals surface area contributed by atoms with E-state index in [0.717, 1.165) is 12.1 Å². The highest BCUT2D eigenvalue weighted by molar-refractivity contribution is 5.83. The van der Waals surface area contributed by atoms with Crippen molar-refractivity contribution in [2.45, 2.75) is 18.6 Å². The zero-order valence-corrected chi connectivity index (χ0v) is 10.5. The second-order valence-electron chi connectivity index (χ2n) is 3.76. The summed E-state index contributed by atoms with van der Waals surface area (Å²) in [6.07, 6.45) is -4.98. The van der Waals surface area contributed by atoms with Crippen LogP contribution in [0.3, 0.4) is 0 Å². The van der Waals surface area contributed by atoms with E-state index in [4.69, 9.17) is 10.5 Å². The van der Waals surface area contributed by atoms with Crippen molar-refractivity contribution in [2.24, 2.45) is 5.73 Å². The first-order chi connectivity index (χ1) is 8.77. The van der Waals surface area contributed by atoms with E-state index in [1.165, 1.54) is 26.2 Å².